The summed E-state index contributed by atoms with van der Waals surface area (Å²) in [6, 6.07) is 4.17. The Morgan fingerprint density at radius 2 is 2.08 bits per heavy atom. The van der Waals surface area contributed by atoms with E-state index in [2.05, 4.69) is 0 Å². The van der Waals surface area contributed by atoms with Gasteiger partial charge in [0.1, 0.15) is 11.3 Å². The normalized spacial score (nSPS) is 19.6. The Morgan fingerprint density at radius 3 is 2.75 bits per heavy atom. The maximum absolute atomic E-state index is 12.8. The third kappa shape index (κ3) is 1.97. The monoisotopic (exact) mass is 346 g/mol. The van der Waals surface area contributed by atoms with Crippen LogP contribution in [0.5, 0.6) is 0 Å². The van der Waals surface area contributed by atoms with Crippen LogP contribution in [0.25, 0.3) is 16.5 Å². The van der Waals surface area contributed by atoms with Gasteiger partial charge in [0.2, 0.25) is 0 Å². The molecule has 6 nitrogen and oxygen atoms in total. The summed E-state index contributed by atoms with van der Waals surface area (Å²) >= 11 is 0. The number of rotatable bonds is 2. The Labute approximate surface area is 137 Å². The van der Waals surface area contributed by atoms with Gasteiger partial charge in [-0.3, -0.25) is 4.79 Å². The van der Waals surface area contributed by atoms with Crippen molar-refractivity contribution in [2.45, 2.75) is 30.1 Å². The second-order valence-corrected chi connectivity index (χ2v) is 8.26. The molecule has 0 radical (unpaired) electrons. The summed E-state index contributed by atoms with van der Waals surface area (Å²) in [4.78, 5) is 24.3. The van der Waals surface area contributed by atoms with Gasteiger partial charge in [-0.2, -0.15) is 0 Å². The standard InChI is InChI=1S/C17H14O6S/c1-24(21,22)8-5-6-12-11(7-8)15(18)14-9-3-2-4-10(17(19)20)13(9)16(14)23-12/h5-7,9H,2-4H2,1H3,(H,19,20). The molecule has 1 aromatic heterocycles. The smallest absolute Gasteiger partial charge is 0.331 e. The van der Waals surface area contributed by atoms with E-state index < -0.39 is 15.8 Å². The summed E-state index contributed by atoms with van der Waals surface area (Å²) in [6.45, 7) is 0. The first-order chi connectivity index (χ1) is 11.3. The lowest BCUT2D eigenvalue weighted by Gasteiger charge is -2.36. The fraction of sp³-hybridized carbons (Fsp3) is 0.294. The van der Waals surface area contributed by atoms with Gasteiger partial charge in [-0.05, 0) is 37.5 Å². The summed E-state index contributed by atoms with van der Waals surface area (Å²) in [7, 11) is -3.43. The van der Waals surface area contributed by atoms with Gasteiger partial charge in [0.15, 0.2) is 15.3 Å². The van der Waals surface area contributed by atoms with Crippen LogP contribution in [-0.4, -0.2) is 25.7 Å². The van der Waals surface area contributed by atoms with Crippen LogP contribution in [0.4, 0.5) is 0 Å². The van der Waals surface area contributed by atoms with E-state index in [1.54, 1.807) is 0 Å². The van der Waals surface area contributed by atoms with Crippen LogP contribution in [0.2, 0.25) is 0 Å². The molecule has 0 fully saturated rings. The van der Waals surface area contributed by atoms with Crippen molar-refractivity contribution in [2.24, 2.45) is 0 Å². The van der Waals surface area contributed by atoms with Crippen LogP contribution < -0.4 is 5.43 Å². The van der Waals surface area contributed by atoms with Crippen molar-refractivity contribution < 1.29 is 22.7 Å². The second kappa shape index (κ2) is 4.80. The van der Waals surface area contributed by atoms with Gasteiger partial charge in [0.25, 0.3) is 0 Å². The number of sulfone groups is 1. The molecule has 2 aliphatic rings. The molecule has 7 heteroatoms. The maximum Gasteiger partial charge on any atom is 0.331 e. The summed E-state index contributed by atoms with van der Waals surface area (Å²) in [6.07, 6.45) is 2.96. The molecule has 0 saturated heterocycles. The zero-order valence-electron chi connectivity index (χ0n) is 12.8. The van der Waals surface area contributed by atoms with E-state index >= 15 is 0 Å². The van der Waals surface area contributed by atoms with Gasteiger partial charge >= 0.3 is 5.97 Å². The van der Waals surface area contributed by atoms with Crippen LogP contribution in [0.15, 0.2) is 37.9 Å². The second-order valence-electron chi connectivity index (χ2n) is 6.25. The highest BCUT2D eigenvalue weighted by Gasteiger charge is 2.43. The first kappa shape index (κ1) is 15.1. The van der Waals surface area contributed by atoms with Gasteiger partial charge < -0.3 is 9.52 Å². The predicted octanol–water partition coefficient (Wildman–Crippen LogP) is 2.32. The molecule has 124 valence electrons. The molecule has 0 spiro atoms. The number of benzene rings is 1. The fourth-order valence-corrected chi connectivity index (χ4v) is 4.28. The van der Waals surface area contributed by atoms with Gasteiger partial charge in [-0.15, -0.1) is 0 Å². The molecule has 2 aliphatic carbocycles. The van der Waals surface area contributed by atoms with Gasteiger partial charge in [-0.1, -0.05) is 0 Å². The Hall–Kier alpha value is -2.41. The van der Waals surface area contributed by atoms with Crippen LogP contribution in [0.3, 0.4) is 0 Å². The highest BCUT2D eigenvalue weighted by molar-refractivity contribution is 7.90. The average molecular weight is 346 g/mol. The van der Waals surface area contributed by atoms with Crippen molar-refractivity contribution in [3.8, 4) is 0 Å². The van der Waals surface area contributed by atoms with Gasteiger partial charge in [0.05, 0.1) is 15.8 Å². The Balaban J connectivity index is 2.02. The summed E-state index contributed by atoms with van der Waals surface area (Å²) < 4.78 is 29.2. The van der Waals surface area contributed by atoms with Crippen LogP contribution in [-0.2, 0) is 14.6 Å². The summed E-state index contributed by atoms with van der Waals surface area (Å²) in [5, 5.41) is 9.57. The van der Waals surface area contributed by atoms with Crippen molar-refractivity contribution in [1.29, 1.82) is 0 Å². The molecule has 0 aliphatic heterocycles. The quantitative estimate of drug-likeness (QED) is 0.895. The lowest BCUT2D eigenvalue weighted by atomic mass is 9.68. The Morgan fingerprint density at radius 1 is 1.33 bits per heavy atom. The van der Waals surface area contributed by atoms with E-state index in [-0.39, 0.29) is 27.2 Å². The first-order valence-electron chi connectivity index (χ1n) is 7.56. The zero-order valence-corrected chi connectivity index (χ0v) is 13.6. The third-order valence-corrected chi connectivity index (χ3v) is 5.88. The molecule has 1 atom stereocenters. The molecule has 1 N–H and O–H groups in total. The van der Waals surface area contributed by atoms with Crippen molar-refractivity contribution in [3.63, 3.8) is 0 Å². The van der Waals surface area contributed by atoms with Crippen LogP contribution in [0.1, 0.15) is 36.5 Å². The highest BCUT2D eigenvalue weighted by Crippen LogP contribution is 2.53. The molecule has 1 aromatic carbocycles. The number of hydrogen-bond acceptors (Lipinski definition) is 5. The maximum atomic E-state index is 12.8. The van der Waals surface area contributed by atoms with E-state index in [9.17, 15) is 23.1 Å². The summed E-state index contributed by atoms with van der Waals surface area (Å²) in [5.74, 6) is -0.848. The molecular formula is C17H14O6S. The molecule has 2 aromatic rings. The van der Waals surface area contributed by atoms with E-state index in [4.69, 9.17) is 4.42 Å². The number of carboxylic acids is 1. The largest absolute Gasteiger partial charge is 0.478 e. The minimum atomic E-state index is -3.43. The van der Waals surface area contributed by atoms with Crippen molar-refractivity contribution in [2.75, 3.05) is 6.26 Å². The fourth-order valence-electron chi connectivity index (χ4n) is 3.64. The Bertz CT molecular complexity index is 1100. The predicted molar refractivity (Wildman–Crippen MR) is 86.7 cm³/mol. The zero-order chi connectivity index (χ0) is 17.2. The SMILES string of the molecule is CS(=O)(=O)c1ccc2oc3c(c(=O)c2c1)C1CCCC(C(=O)O)=C31. The van der Waals surface area contributed by atoms with Gasteiger partial charge in [-0.25, -0.2) is 13.2 Å². The minimum Gasteiger partial charge on any atom is -0.478 e. The number of aliphatic carboxylic acids is 1. The third-order valence-electron chi connectivity index (χ3n) is 4.77. The topological polar surface area (TPSA) is 102 Å². The van der Waals surface area contributed by atoms with E-state index in [0.717, 1.165) is 6.26 Å². The van der Waals surface area contributed by atoms with E-state index in [1.807, 2.05) is 0 Å². The summed E-state index contributed by atoms with van der Waals surface area (Å²) in [5.41, 5.74) is 1.41. The minimum absolute atomic E-state index is 0.0622. The van der Waals surface area contributed by atoms with Crippen LogP contribution >= 0.6 is 0 Å². The lowest BCUT2D eigenvalue weighted by molar-refractivity contribution is -0.132. The van der Waals surface area contributed by atoms with Gasteiger partial charge in [0, 0.05) is 23.3 Å². The van der Waals surface area contributed by atoms with Crippen LogP contribution in [0, 0.1) is 0 Å². The molecule has 0 amide bonds. The number of fused-ring (bicyclic) bond motifs is 5. The molecular weight excluding hydrogens is 332 g/mol. The average Bonchev–Trinajstić information content (AvgIpc) is 2.51. The molecule has 0 bridgehead atoms. The molecule has 24 heavy (non-hydrogen) atoms. The Kier molecular flexibility index (Phi) is 3.02. The molecule has 4 rings (SSSR count). The van der Waals surface area contributed by atoms with Crippen molar-refractivity contribution in [3.05, 3.63) is 45.3 Å². The highest BCUT2D eigenvalue weighted by atomic mass is 32.2. The number of hydrogen-bond donors (Lipinski definition) is 1. The molecule has 1 unspecified atom stereocenters. The molecule has 0 saturated carbocycles. The molecule has 1 heterocycles. The first-order valence-corrected chi connectivity index (χ1v) is 9.45. The number of carboxylic acid groups (broad SMARTS) is 1. The number of allylic oxidation sites excluding steroid dienone is 1. The van der Waals surface area contributed by atoms with Crippen molar-refractivity contribution in [1.82, 2.24) is 0 Å². The number of carbonyl (C=O) groups is 1. The van der Waals surface area contributed by atoms with E-state index in [1.165, 1.54) is 18.2 Å². The lowest BCUT2D eigenvalue weighted by Crippen LogP contribution is -2.30. The van der Waals surface area contributed by atoms with E-state index in [0.29, 0.717) is 41.7 Å². The van der Waals surface area contributed by atoms with Crippen molar-refractivity contribution >= 4 is 32.3 Å².